The van der Waals surface area contributed by atoms with Crippen LogP contribution in [0.25, 0.3) is 6.08 Å². The summed E-state index contributed by atoms with van der Waals surface area (Å²) < 4.78 is 5.36. The van der Waals surface area contributed by atoms with Crippen LogP contribution in [-0.4, -0.2) is 35.7 Å². The molecule has 0 saturated carbocycles. The number of phenolic OH excluding ortho intramolecular Hbond substituents is 1. The number of carbonyl (C=O) groups excluding carboxylic acids is 3. The van der Waals surface area contributed by atoms with Crippen molar-refractivity contribution in [3.8, 4) is 11.5 Å². The van der Waals surface area contributed by atoms with Crippen molar-refractivity contribution in [3.05, 3.63) is 138 Å². The normalized spacial score (nSPS) is 12.0. The van der Waals surface area contributed by atoms with Gasteiger partial charge in [-0.2, -0.15) is 0 Å². The zero-order valence-electron chi connectivity index (χ0n) is 25.2. The molecule has 0 atom stereocenters. The van der Waals surface area contributed by atoms with Crippen molar-refractivity contribution in [2.45, 2.75) is 14.7 Å². The predicted molar refractivity (Wildman–Crippen MR) is 186 cm³/mol. The third-order valence-corrected chi connectivity index (χ3v) is 9.33. The number of amides is 3. The Morgan fingerprint density at radius 1 is 0.830 bits per heavy atom. The highest BCUT2D eigenvalue weighted by atomic mass is 32.2. The highest BCUT2D eigenvalue weighted by Crippen LogP contribution is 2.48. The lowest BCUT2D eigenvalue weighted by Crippen LogP contribution is -2.30. The maximum absolute atomic E-state index is 13.6. The van der Waals surface area contributed by atoms with Crippen LogP contribution in [0.15, 0.2) is 142 Å². The summed E-state index contributed by atoms with van der Waals surface area (Å²) in [4.78, 5) is 44.7. The molecule has 0 spiro atoms. The molecule has 1 aliphatic rings. The first kappa shape index (κ1) is 31.5. The Morgan fingerprint density at radius 3 is 2.13 bits per heavy atom. The van der Waals surface area contributed by atoms with Gasteiger partial charge in [-0.3, -0.25) is 19.3 Å². The van der Waals surface area contributed by atoms with Crippen molar-refractivity contribution in [3.63, 3.8) is 0 Å². The number of para-hydroxylation sites is 2. The summed E-state index contributed by atoms with van der Waals surface area (Å²) in [5.41, 5.74) is 3.08. The summed E-state index contributed by atoms with van der Waals surface area (Å²) in [5, 5.41) is 15.4. The lowest BCUT2D eigenvalue weighted by molar-refractivity contribution is -0.115. The first-order chi connectivity index (χ1) is 22.9. The van der Waals surface area contributed by atoms with Crippen LogP contribution >= 0.6 is 23.5 Å². The van der Waals surface area contributed by atoms with E-state index in [4.69, 9.17) is 4.74 Å². The number of benzene rings is 5. The molecule has 47 heavy (non-hydrogen) atoms. The van der Waals surface area contributed by atoms with Gasteiger partial charge in [-0.25, -0.2) is 0 Å². The molecule has 6 rings (SSSR count). The Kier molecular flexibility index (Phi) is 9.61. The lowest BCUT2D eigenvalue weighted by atomic mass is 10.1. The number of thioether (sulfide) groups is 1. The monoisotopic (exact) mass is 659 g/mol. The molecule has 234 valence electrons. The predicted octanol–water partition coefficient (Wildman–Crippen LogP) is 7.73. The van der Waals surface area contributed by atoms with E-state index >= 15 is 0 Å². The number of methoxy groups -OCH3 is 1. The number of hydrogen-bond acceptors (Lipinski definition) is 7. The van der Waals surface area contributed by atoms with Gasteiger partial charge in [0.05, 0.1) is 24.2 Å². The zero-order valence-corrected chi connectivity index (χ0v) is 26.8. The summed E-state index contributed by atoms with van der Waals surface area (Å²) in [6.45, 7) is 0. The van der Waals surface area contributed by atoms with Gasteiger partial charge in [-0.1, -0.05) is 54.2 Å². The van der Waals surface area contributed by atoms with Gasteiger partial charge in [0.1, 0.15) is 17.2 Å². The number of nitrogens with one attached hydrogen (secondary N) is 2. The molecule has 5 aromatic carbocycles. The van der Waals surface area contributed by atoms with Crippen molar-refractivity contribution in [2.24, 2.45) is 0 Å². The van der Waals surface area contributed by atoms with Gasteiger partial charge < -0.3 is 20.5 Å². The van der Waals surface area contributed by atoms with E-state index in [-0.39, 0.29) is 23.1 Å². The minimum absolute atomic E-state index is 0.00236. The summed E-state index contributed by atoms with van der Waals surface area (Å²) in [6.07, 6.45) is 1.49. The van der Waals surface area contributed by atoms with E-state index in [2.05, 4.69) is 10.6 Å². The number of fused-ring (bicyclic) bond motifs is 2. The SMILES string of the molecule is COc1cc(O)ccc1/C=C(\NC(=O)c1ccccc1)C(=O)Nc1ccc(SCC(=O)N2c3ccccc3Sc3ccccc32)cc1. The number of nitrogens with zero attached hydrogens (tertiary/aromatic N) is 1. The molecule has 3 amide bonds. The molecule has 0 unspecified atom stereocenters. The van der Waals surface area contributed by atoms with Crippen molar-refractivity contribution in [1.29, 1.82) is 0 Å². The second-order valence-corrected chi connectivity index (χ2v) is 12.5. The fourth-order valence-corrected chi connectivity index (χ4v) is 6.74. The van der Waals surface area contributed by atoms with E-state index in [0.29, 0.717) is 22.6 Å². The Morgan fingerprint density at radius 2 is 1.47 bits per heavy atom. The van der Waals surface area contributed by atoms with E-state index in [1.807, 2.05) is 60.7 Å². The summed E-state index contributed by atoms with van der Waals surface area (Å²) in [5.74, 6) is -0.510. The minimum atomic E-state index is -0.555. The minimum Gasteiger partial charge on any atom is -0.508 e. The molecular weight excluding hydrogens is 631 g/mol. The van der Waals surface area contributed by atoms with Gasteiger partial charge in [-0.15, -0.1) is 11.8 Å². The fraction of sp³-hybridized carbons (Fsp3) is 0.0541. The molecule has 0 aliphatic carbocycles. The van der Waals surface area contributed by atoms with Gasteiger partial charge in [0.2, 0.25) is 5.91 Å². The third-order valence-electron chi connectivity index (χ3n) is 7.20. The first-order valence-electron chi connectivity index (χ1n) is 14.6. The van der Waals surface area contributed by atoms with E-state index < -0.39 is 11.8 Å². The second kappa shape index (κ2) is 14.3. The van der Waals surface area contributed by atoms with E-state index in [1.54, 1.807) is 65.2 Å². The van der Waals surface area contributed by atoms with Crippen molar-refractivity contribution >= 4 is 64.4 Å². The molecule has 0 aromatic heterocycles. The number of anilines is 3. The van der Waals surface area contributed by atoms with Crippen LogP contribution < -0.4 is 20.3 Å². The molecule has 0 fully saturated rings. The van der Waals surface area contributed by atoms with E-state index in [9.17, 15) is 19.5 Å². The van der Waals surface area contributed by atoms with Crippen LogP contribution in [0.3, 0.4) is 0 Å². The van der Waals surface area contributed by atoms with Crippen LogP contribution in [0.5, 0.6) is 11.5 Å². The van der Waals surface area contributed by atoms with Gasteiger partial charge in [-0.05, 0) is 78.9 Å². The van der Waals surface area contributed by atoms with Crippen LogP contribution in [0, 0.1) is 0 Å². The molecule has 8 nitrogen and oxygen atoms in total. The highest BCUT2D eigenvalue weighted by Gasteiger charge is 2.27. The van der Waals surface area contributed by atoms with Crippen molar-refractivity contribution in [1.82, 2.24) is 5.32 Å². The lowest BCUT2D eigenvalue weighted by Gasteiger charge is -2.31. The van der Waals surface area contributed by atoms with Crippen LogP contribution in [0.1, 0.15) is 15.9 Å². The number of aromatic hydroxyl groups is 1. The van der Waals surface area contributed by atoms with E-state index in [0.717, 1.165) is 26.1 Å². The number of phenols is 1. The van der Waals surface area contributed by atoms with Crippen LogP contribution in [0.4, 0.5) is 17.1 Å². The molecule has 3 N–H and O–H groups in total. The second-order valence-electron chi connectivity index (χ2n) is 10.3. The van der Waals surface area contributed by atoms with E-state index in [1.165, 1.54) is 37.1 Å². The van der Waals surface area contributed by atoms with Crippen LogP contribution in [-0.2, 0) is 9.59 Å². The van der Waals surface area contributed by atoms with Crippen molar-refractivity contribution in [2.75, 3.05) is 23.1 Å². The largest absolute Gasteiger partial charge is 0.508 e. The average Bonchev–Trinajstić information content (AvgIpc) is 3.10. The molecule has 0 radical (unpaired) electrons. The summed E-state index contributed by atoms with van der Waals surface area (Å²) >= 11 is 3.06. The number of carbonyl (C=O) groups is 3. The molecule has 1 aliphatic heterocycles. The quantitative estimate of drug-likeness (QED) is 0.110. The first-order valence-corrected chi connectivity index (χ1v) is 16.4. The number of rotatable bonds is 9. The summed E-state index contributed by atoms with van der Waals surface area (Å²) in [6, 6.07) is 35.9. The molecule has 0 saturated heterocycles. The molecule has 10 heteroatoms. The zero-order chi connectivity index (χ0) is 32.8. The molecule has 1 heterocycles. The van der Waals surface area contributed by atoms with Gasteiger partial charge in [0.15, 0.2) is 0 Å². The standard InChI is InChI=1S/C37H29N3O5S2/c1-45-32-22-27(41)18-15-25(32)21-29(39-36(43)24-9-3-2-4-10-24)37(44)38-26-16-19-28(20-17-26)46-23-35(42)40-30-11-5-7-13-33(30)47-34-14-8-6-12-31(34)40/h2-22,41H,23H2,1H3,(H,38,44)(H,39,43)/b29-21-. The third kappa shape index (κ3) is 7.35. The van der Waals surface area contributed by atoms with Crippen LogP contribution in [0.2, 0.25) is 0 Å². The smallest absolute Gasteiger partial charge is 0.272 e. The highest BCUT2D eigenvalue weighted by molar-refractivity contribution is 8.00. The molecular formula is C37H29N3O5S2. The summed E-state index contributed by atoms with van der Waals surface area (Å²) in [7, 11) is 1.45. The van der Waals surface area contributed by atoms with Crippen molar-refractivity contribution < 1.29 is 24.2 Å². The average molecular weight is 660 g/mol. The number of ether oxygens (including phenoxy) is 1. The Hall–Kier alpha value is -5.45. The topological polar surface area (TPSA) is 108 Å². The Labute approximate surface area is 280 Å². The maximum atomic E-state index is 13.6. The Balaban J connectivity index is 1.16. The molecule has 0 bridgehead atoms. The molecule has 5 aromatic rings. The fourth-order valence-electron chi connectivity index (χ4n) is 4.93. The maximum Gasteiger partial charge on any atom is 0.272 e. The van der Waals surface area contributed by atoms with Gasteiger partial charge in [0, 0.05) is 37.6 Å². The van der Waals surface area contributed by atoms with Gasteiger partial charge in [0.25, 0.3) is 11.8 Å². The number of hydrogen-bond donors (Lipinski definition) is 3. The van der Waals surface area contributed by atoms with Gasteiger partial charge >= 0.3 is 0 Å². The Bertz CT molecular complexity index is 1930.